The Morgan fingerprint density at radius 3 is 2.65 bits per heavy atom. The molecule has 0 atom stereocenters. The van der Waals surface area contributed by atoms with E-state index >= 15 is 0 Å². The van der Waals surface area contributed by atoms with Crippen molar-refractivity contribution in [3.05, 3.63) is 40.4 Å². The largest absolute Gasteiger partial charge is 0.350 e. The number of rotatable bonds is 4. The lowest BCUT2D eigenvalue weighted by Gasteiger charge is -2.11. The van der Waals surface area contributed by atoms with E-state index in [0.717, 1.165) is 24.0 Å². The van der Waals surface area contributed by atoms with E-state index in [1.165, 1.54) is 0 Å². The summed E-state index contributed by atoms with van der Waals surface area (Å²) in [6.07, 6.45) is 1.50. The molecule has 0 spiro atoms. The zero-order chi connectivity index (χ0) is 12.3. The van der Waals surface area contributed by atoms with Crippen molar-refractivity contribution in [2.45, 2.75) is 19.1 Å². The van der Waals surface area contributed by atoms with Crippen LogP contribution in [-0.2, 0) is 9.47 Å². The van der Waals surface area contributed by atoms with Gasteiger partial charge in [0.25, 0.3) is 0 Å². The van der Waals surface area contributed by atoms with Gasteiger partial charge in [0, 0.05) is 16.5 Å². The van der Waals surface area contributed by atoms with Crippen molar-refractivity contribution < 1.29 is 9.47 Å². The minimum Gasteiger partial charge on any atom is -0.350 e. The lowest BCUT2D eigenvalue weighted by atomic mass is 10.0. The van der Waals surface area contributed by atoms with Gasteiger partial charge >= 0.3 is 0 Å². The van der Waals surface area contributed by atoms with Crippen LogP contribution < -0.4 is 0 Å². The first-order valence-electron chi connectivity index (χ1n) is 5.53. The van der Waals surface area contributed by atoms with Crippen molar-refractivity contribution in [3.8, 4) is 0 Å². The molecule has 0 N–H and O–H groups in total. The second-order valence-electron chi connectivity index (χ2n) is 3.94. The Morgan fingerprint density at radius 2 is 2.00 bits per heavy atom. The van der Waals surface area contributed by atoms with Crippen LogP contribution in [0.2, 0.25) is 10.0 Å². The van der Waals surface area contributed by atoms with Crippen molar-refractivity contribution in [1.29, 1.82) is 0 Å². The second kappa shape index (κ2) is 5.87. The molecule has 4 heteroatoms. The van der Waals surface area contributed by atoms with Gasteiger partial charge in [0.05, 0.1) is 13.2 Å². The van der Waals surface area contributed by atoms with Crippen LogP contribution in [0.15, 0.2) is 24.8 Å². The zero-order valence-electron chi connectivity index (χ0n) is 9.42. The first-order valence-corrected chi connectivity index (χ1v) is 6.29. The van der Waals surface area contributed by atoms with Gasteiger partial charge in [-0.25, -0.2) is 0 Å². The Balaban J connectivity index is 1.94. The maximum Gasteiger partial charge on any atom is 0.158 e. The first-order chi connectivity index (χ1) is 8.16. The van der Waals surface area contributed by atoms with Crippen molar-refractivity contribution in [2.24, 2.45) is 0 Å². The Labute approximate surface area is 111 Å². The summed E-state index contributed by atoms with van der Waals surface area (Å²) >= 11 is 12.0. The number of halogens is 2. The summed E-state index contributed by atoms with van der Waals surface area (Å²) in [6.45, 7) is 5.40. The van der Waals surface area contributed by atoms with Crippen LogP contribution in [0.3, 0.4) is 0 Å². The van der Waals surface area contributed by atoms with Crippen molar-refractivity contribution in [2.75, 3.05) is 13.2 Å². The normalized spacial score (nSPS) is 16.4. The molecule has 1 aliphatic heterocycles. The van der Waals surface area contributed by atoms with Crippen LogP contribution in [0.4, 0.5) is 0 Å². The van der Waals surface area contributed by atoms with Gasteiger partial charge in [-0.15, -0.1) is 0 Å². The average molecular weight is 273 g/mol. The Kier molecular flexibility index (Phi) is 4.46. The number of allylic oxidation sites excluding steroid dienone is 1. The molecule has 2 rings (SSSR count). The van der Waals surface area contributed by atoms with Crippen molar-refractivity contribution in [1.82, 2.24) is 0 Å². The van der Waals surface area contributed by atoms with Crippen LogP contribution in [-0.4, -0.2) is 19.5 Å². The summed E-state index contributed by atoms with van der Waals surface area (Å²) < 4.78 is 10.7. The van der Waals surface area contributed by atoms with E-state index in [4.69, 9.17) is 32.7 Å². The van der Waals surface area contributed by atoms with Crippen molar-refractivity contribution in [3.63, 3.8) is 0 Å². The molecule has 0 saturated carbocycles. The minimum absolute atomic E-state index is 0.0992. The molecule has 0 amide bonds. The number of ether oxygens (including phenoxy) is 2. The molecule has 17 heavy (non-hydrogen) atoms. The van der Waals surface area contributed by atoms with E-state index in [1.54, 1.807) is 6.07 Å². The van der Waals surface area contributed by atoms with Crippen LogP contribution >= 0.6 is 23.2 Å². The molecule has 1 saturated heterocycles. The second-order valence-corrected chi connectivity index (χ2v) is 4.78. The summed E-state index contributed by atoms with van der Waals surface area (Å²) in [5.74, 6) is 0. The van der Waals surface area contributed by atoms with E-state index in [1.807, 2.05) is 12.1 Å². The standard InChI is InChI=1S/C13H14Cl2O2/c1-9(2-5-13-16-6-7-17-13)11-4-3-10(14)8-12(11)15/h3-4,8,13H,1-2,5-7H2. The molecule has 92 valence electrons. The van der Waals surface area contributed by atoms with Crippen LogP contribution in [0.1, 0.15) is 18.4 Å². The highest BCUT2D eigenvalue weighted by atomic mass is 35.5. The Morgan fingerprint density at radius 1 is 1.29 bits per heavy atom. The van der Waals surface area contributed by atoms with E-state index in [9.17, 15) is 0 Å². The summed E-state index contributed by atoms with van der Waals surface area (Å²) in [4.78, 5) is 0. The predicted octanol–water partition coefficient (Wildman–Crippen LogP) is 4.16. The maximum absolute atomic E-state index is 6.11. The maximum atomic E-state index is 6.11. The fourth-order valence-electron chi connectivity index (χ4n) is 1.78. The predicted molar refractivity (Wildman–Crippen MR) is 70.4 cm³/mol. The summed E-state index contributed by atoms with van der Waals surface area (Å²) in [6, 6.07) is 5.44. The molecule has 1 aromatic rings. The van der Waals surface area contributed by atoms with Crippen LogP contribution in [0.5, 0.6) is 0 Å². The molecule has 0 aliphatic carbocycles. The number of benzene rings is 1. The highest BCUT2D eigenvalue weighted by Gasteiger charge is 2.16. The third-order valence-electron chi connectivity index (χ3n) is 2.68. The SMILES string of the molecule is C=C(CCC1OCCO1)c1ccc(Cl)cc1Cl. The summed E-state index contributed by atoms with van der Waals surface area (Å²) in [5.41, 5.74) is 1.92. The number of hydrogen-bond acceptors (Lipinski definition) is 2. The molecule has 1 heterocycles. The zero-order valence-corrected chi connectivity index (χ0v) is 10.9. The van der Waals surface area contributed by atoms with Gasteiger partial charge in [0.1, 0.15) is 0 Å². The van der Waals surface area contributed by atoms with Gasteiger partial charge in [0.2, 0.25) is 0 Å². The van der Waals surface area contributed by atoms with Gasteiger partial charge in [0.15, 0.2) is 6.29 Å². The molecule has 1 aliphatic rings. The molecule has 0 radical (unpaired) electrons. The highest BCUT2D eigenvalue weighted by molar-refractivity contribution is 6.35. The van der Waals surface area contributed by atoms with Crippen molar-refractivity contribution >= 4 is 28.8 Å². The quantitative estimate of drug-likeness (QED) is 0.820. The Bertz CT molecular complexity index is 412. The summed E-state index contributed by atoms with van der Waals surface area (Å²) in [5, 5.41) is 1.27. The molecule has 0 bridgehead atoms. The van der Waals surface area contributed by atoms with E-state index in [2.05, 4.69) is 6.58 Å². The molecular weight excluding hydrogens is 259 g/mol. The van der Waals surface area contributed by atoms with E-state index < -0.39 is 0 Å². The molecule has 1 fully saturated rings. The van der Waals surface area contributed by atoms with Gasteiger partial charge in [-0.3, -0.25) is 0 Å². The molecule has 2 nitrogen and oxygen atoms in total. The molecule has 0 unspecified atom stereocenters. The molecule has 1 aromatic carbocycles. The molecule has 0 aromatic heterocycles. The van der Waals surface area contributed by atoms with E-state index in [-0.39, 0.29) is 6.29 Å². The van der Waals surface area contributed by atoms with E-state index in [0.29, 0.717) is 23.3 Å². The third kappa shape index (κ3) is 3.46. The highest BCUT2D eigenvalue weighted by Crippen LogP contribution is 2.29. The average Bonchev–Trinajstić information content (AvgIpc) is 2.78. The van der Waals surface area contributed by atoms with Gasteiger partial charge in [-0.05, 0) is 29.7 Å². The summed E-state index contributed by atoms with van der Waals surface area (Å²) in [7, 11) is 0. The monoisotopic (exact) mass is 272 g/mol. The van der Waals surface area contributed by atoms with Gasteiger partial charge in [-0.1, -0.05) is 35.8 Å². The first kappa shape index (κ1) is 12.9. The topological polar surface area (TPSA) is 18.5 Å². The smallest absolute Gasteiger partial charge is 0.158 e. The third-order valence-corrected chi connectivity index (χ3v) is 3.23. The number of hydrogen-bond donors (Lipinski definition) is 0. The Hall–Kier alpha value is -0.540. The van der Waals surface area contributed by atoms with Gasteiger partial charge < -0.3 is 9.47 Å². The molecular formula is C13H14Cl2O2. The lowest BCUT2D eigenvalue weighted by molar-refractivity contribution is -0.0453. The van der Waals surface area contributed by atoms with Crippen LogP contribution in [0.25, 0.3) is 5.57 Å². The fraction of sp³-hybridized carbons (Fsp3) is 0.385. The minimum atomic E-state index is -0.0992. The lowest BCUT2D eigenvalue weighted by Crippen LogP contribution is -2.07. The van der Waals surface area contributed by atoms with Gasteiger partial charge in [-0.2, -0.15) is 0 Å². The van der Waals surface area contributed by atoms with Crippen LogP contribution in [0, 0.1) is 0 Å². The fourth-order valence-corrected chi connectivity index (χ4v) is 2.32.